The zero-order valence-electron chi connectivity index (χ0n) is 9.10. The SMILES string of the molecule is Cc1cccc2nc(C(N)=O)nc(C(N)=O)c12. The molecule has 1 aromatic heterocycles. The van der Waals surface area contributed by atoms with Gasteiger partial charge in [0.1, 0.15) is 5.69 Å². The van der Waals surface area contributed by atoms with Gasteiger partial charge in [-0.05, 0) is 18.6 Å². The summed E-state index contributed by atoms with van der Waals surface area (Å²) in [7, 11) is 0. The van der Waals surface area contributed by atoms with Gasteiger partial charge in [0.25, 0.3) is 11.8 Å². The number of carbonyl (C=O) groups excluding carboxylic acids is 2. The minimum absolute atomic E-state index is 0.0156. The molecule has 0 spiro atoms. The van der Waals surface area contributed by atoms with E-state index in [2.05, 4.69) is 9.97 Å². The molecule has 1 aromatic carbocycles. The van der Waals surface area contributed by atoms with E-state index in [9.17, 15) is 9.59 Å². The lowest BCUT2D eigenvalue weighted by atomic mass is 10.1. The highest BCUT2D eigenvalue weighted by Gasteiger charge is 2.16. The van der Waals surface area contributed by atoms with Crippen LogP contribution >= 0.6 is 0 Å². The third kappa shape index (κ3) is 1.80. The fourth-order valence-corrected chi connectivity index (χ4v) is 1.64. The maximum atomic E-state index is 11.3. The highest BCUT2D eigenvalue weighted by Crippen LogP contribution is 2.19. The van der Waals surface area contributed by atoms with Crippen LogP contribution in [0.3, 0.4) is 0 Å². The number of primary amides is 2. The number of nitrogens with zero attached hydrogens (tertiary/aromatic N) is 2. The van der Waals surface area contributed by atoms with Gasteiger partial charge in [0.15, 0.2) is 0 Å². The van der Waals surface area contributed by atoms with Crippen molar-refractivity contribution in [3.8, 4) is 0 Å². The van der Waals surface area contributed by atoms with Crippen LogP contribution < -0.4 is 11.5 Å². The maximum absolute atomic E-state index is 11.3. The molecule has 0 fully saturated rings. The van der Waals surface area contributed by atoms with E-state index in [0.29, 0.717) is 10.9 Å². The highest BCUT2D eigenvalue weighted by molar-refractivity contribution is 6.06. The molecule has 0 aliphatic carbocycles. The molecule has 0 saturated carbocycles. The van der Waals surface area contributed by atoms with Crippen molar-refractivity contribution in [3.63, 3.8) is 0 Å². The molecule has 2 amide bonds. The van der Waals surface area contributed by atoms with Crippen molar-refractivity contribution in [1.82, 2.24) is 9.97 Å². The number of fused-ring (bicyclic) bond motifs is 1. The molecule has 17 heavy (non-hydrogen) atoms. The van der Waals surface area contributed by atoms with E-state index in [1.807, 2.05) is 13.0 Å². The van der Waals surface area contributed by atoms with E-state index in [-0.39, 0.29) is 11.5 Å². The molecule has 0 unspecified atom stereocenters. The zero-order valence-corrected chi connectivity index (χ0v) is 9.10. The third-order valence-corrected chi connectivity index (χ3v) is 2.39. The Bertz CT molecular complexity index is 637. The molecule has 0 atom stereocenters. The second kappa shape index (κ2) is 3.82. The van der Waals surface area contributed by atoms with Crippen LogP contribution in [-0.4, -0.2) is 21.8 Å². The highest BCUT2D eigenvalue weighted by atomic mass is 16.2. The maximum Gasteiger partial charge on any atom is 0.286 e. The summed E-state index contributed by atoms with van der Waals surface area (Å²) >= 11 is 0. The number of nitrogens with two attached hydrogens (primary N) is 2. The van der Waals surface area contributed by atoms with Crippen molar-refractivity contribution in [3.05, 3.63) is 35.3 Å². The fourth-order valence-electron chi connectivity index (χ4n) is 1.64. The van der Waals surface area contributed by atoms with Gasteiger partial charge in [-0.15, -0.1) is 0 Å². The number of benzene rings is 1. The number of aryl methyl sites for hydroxylation is 1. The van der Waals surface area contributed by atoms with E-state index in [1.54, 1.807) is 12.1 Å². The second-order valence-electron chi connectivity index (χ2n) is 3.59. The monoisotopic (exact) mass is 230 g/mol. The molecule has 0 aliphatic heterocycles. The molecule has 4 N–H and O–H groups in total. The van der Waals surface area contributed by atoms with Crippen LogP contribution in [0.15, 0.2) is 18.2 Å². The van der Waals surface area contributed by atoms with E-state index >= 15 is 0 Å². The van der Waals surface area contributed by atoms with Gasteiger partial charge < -0.3 is 11.5 Å². The summed E-state index contributed by atoms with van der Waals surface area (Å²) in [5, 5.41) is 0.546. The molecule has 0 saturated heterocycles. The first-order valence-electron chi connectivity index (χ1n) is 4.87. The van der Waals surface area contributed by atoms with Gasteiger partial charge in [0.05, 0.1) is 5.52 Å². The Morgan fingerprint density at radius 3 is 2.41 bits per heavy atom. The normalized spacial score (nSPS) is 10.4. The van der Waals surface area contributed by atoms with Gasteiger partial charge in [-0.1, -0.05) is 12.1 Å². The quantitative estimate of drug-likeness (QED) is 0.763. The van der Waals surface area contributed by atoms with Crippen LogP contribution in [0.4, 0.5) is 0 Å². The smallest absolute Gasteiger partial charge is 0.286 e. The van der Waals surface area contributed by atoms with Crippen molar-refractivity contribution in [2.75, 3.05) is 0 Å². The van der Waals surface area contributed by atoms with E-state index in [0.717, 1.165) is 5.56 Å². The van der Waals surface area contributed by atoms with Crippen molar-refractivity contribution in [2.24, 2.45) is 11.5 Å². The Kier molecular flexibility index (Phi) is 2.47. The van der Waals surface area contributed by atoms with Gasteiger partial charge in [0.2, 0.25) is 5.82 Å². The Balaban J connectivity index is 2.91. The Hall–Kier alpha value is -2.50. The summed E-state index contributed by atoms with van der Waals surface area (Å²) in [5.74, 6) is -1.72. The topological polar surface area (TPSA) is 112 Å². The van der Waals surface area contributed by atoms with Crippen molar-refractivity contribution < 1.29 is 9.59 Å². The Morgan fingerprint density at radius 1 is 1.12 bits per heavy atom. The number of hydrogen-bond acceptors (Lipinski definition) is 4. The van der Waals surface area contributed by atoms with Crippen LogP contribution in [0, 0.1) is 6.92 Å². The first-order valence-corrected chi connectivity index (χ1v) is 4.87. The number of rotatable bonds is 2. The molecule has 0 aliphatic rings. The Morgan fingerprint density at radius 2 is 1.82 bits per heavy atom. The predicted octanol–water partition coefficient (Wildman–Crippen LogP) is 0.136. The number of aromatic nitrogens is 2. The average Bonchev–Trinajstić information content (AvgIpc) is 2.27. The number of carbonyl (C=O) groups is 2. The van der Waals surface area contributed by atoms with Crippen LogP contribution in [0.1, 0.15) is 26.7 Å². The molecule has 2 aromatic rings. The Labute approximate surface area is 96.7 Å². The van der Waals surface area contributed by atoms with Crippen molar-refractivity contribution in [2.45, 2.75) is 6.92 Å². The number of amides is 2. The van der Waals surface area contributed by atoms with E-state index in [1.165, 1.54) is 0 Å². The lowest BCUT2D eigenvalue weighted by Crippen LogP contribution is -2.21. The molecule has 6 heteroatoms. The summed E-state index contributed by atoms with van der Waals surface area (Å²) in [6.07, 6.45) is 0. The first-order chi connectivity index (χ1) is 8.00. The van der Waals surface area contributed by atoms with Gasteiger partial charge in [-0.3, -0.25) is 9.59 Å². The van der Waals surface area contributed by atoms with Crippen LogP contribution in [0.5, 0.6) is 0 Å². The minimum atomic E-state index is -0.795. The standard InChI is InChI=1S/C11H10N4O2/c1-5-3-2-4-6-7(5)8(9(12)16)15-11(14-6)10(13)17/h2-4H,1H3,(H2,12,16)(H2,13,17). The molecule has 0 radical (unpaired) electrons. The summed E-state index contributed by atoms with van der Waals surface area (Å²) in [4.78, 5) is 30.2. The molecule has 2 rings (SSSR count). The van der Waals surface area contributed by atoms with Gasteiger partial charge in [-0.2, -0.15) is 0 Å². The van der Waals surface area contributed by atoms with Gasteiger partial charge >= 0.3 is 0 Å². The summed E-state index contributed by atoms with van der Waals surface area (Å²) < 4.78 is 0. The molecule has 86 valence electrons. The predicted molar refractivity (Wildman–Crippen MR) is 61.3 cm³/mol. The lowest BCUT2D eigenvalue weighted by molar-refractivity contribution is 0.0989. The third-order valence-electron chi connectivity index (χ3n) is 2.39. The lowest BCUT2D eigenvalue weighted by Gasteiger charge is -2.06. The second-order valence-corrected chi connectivity index (χ2v) is 3.59. The van der Waals surface area contributed by atoms with Crippen LogP contribution in [0.2, 0.25) is 0 Å². The molecule has 1 heterocycles. The fraction of sp³-hybridized carbons (Fsp3) is 0.0909. The van der Waals surface area contributed by atoms with Crippen LogP contribution in [-0.2, 0) is 0 Å². The van der Waals surface area contributed by atoms with Gasteiger partial charge in [-0.25, -0.2) is 9.97 Å². The summed E-state index contributed by atoms with van der Waals surface area (Å²) in [6, 6.07) is 5.24. The van der Waals surface area contributed by atoms with Crippen LogP contribution in [0.25, 0.3) is 10.9 Å². The molecule has 0 bridgehead atoms. The number of hydrogen-bond donors (Lipinski definition) is 2. The zero-order chi connectivity index (χ0) is 12.6. The van der Waals surface area contributed by atoms with E-state index in [4.69, 9.17) is 11.5 Å². The van der Waals surface area contributed by atoms with E-state index < -0.39 is 11.8 Å². The molecule has 6 nitrogen and oxygen atoms in total. The average molecular weight is 230 g/mol. The first kappa shape index (κ1) is 11.0. The minimum Gasteiger partial charge on any atom is -0.364 e. The molecular weight excluding hydrogens is 220 g/mol. The largest absolute Gasteiger partial charge is 0.364 e. The summed E-state index contributed by atoms with van der Waals surface area (Å²) in [5.41, 5.74) is 11.6. The summed E-state index contributed by atoms with van der Waals surface area (Å²) in [6.45, 7) is 1.81. The van der Waals surface area contributed by atoms with Gasteiger partial charge in [0, 0.05) is 5.39 Å². The van der Waals surface area contributed by atoms with Crippen molar-refractivity contribution in [1.29, 1.82) is 0 Å². The van der Waals surface area contributed by atoms with Crippen molar-refractivity contribution >= 4 is 22.7 Å². The molecular formula is C11H10N4O2.